The van der Waals surface area contributed by atoms with Gasteiger partial charge in [-0.1, -0.05) is 57.8 Å². The van der Waals surface area contributed by atoms with E-state index in [-0.39, 0.29) is 18.4 Å². The molecule has 1 aromatic carbocycles. The highest BCUT2D eigenvalue weighted by Gasteiger charge is 2.37. The molecule has 2 aliphatic rings. The minimum atomic E-state index is -4.96. The first-order valence-corrected chi connectivity index (χ1v) is 14.9. The molecule has 2 fully saturated rings. The zero-order valence-corrected chi connectivity index (χ0v) is 23.5. The normalized spacial score (nSPS) is 22.8. The zero-order valence-electron chi connectivity index (χ0n) is 23.5. The lowest BCUT2D eigenvalue weighted by atomic mass is 9.78. The van der Waals surface area contributed by atoms with Crippen LogP contribution >= 0.6 is 0 Å². The molecule has 1 aliphatic heterocycles. The number of unbranched alkanes of at least 4 members (excludes halogenated alkanes) is 3. The maximum absolute atomic E-state index is 13.1. The van der Waals surface area contributed by atoms with Gasteiger partial charge in [-0.3, -0.25) is 9.59 Å². The monoisotopic (exact) mass is 575 g/mol. The van der Waals surface area contributed by atoms with Crippen molar-refractivity contribution in [1.29, 1.82) is 0 Å². The van der Waals surface area contributed by atoms with E-state index >= 15 is 0 Å². The fourth-order valence-corrected chi connectivity index (χ4v) is 6.34. The van der Waals surface area contributed by atoms with E-state index < -0.39 is 34.8 Å². The number of hydrogen-bond donors (Lipinski definition) is 0. The number of halogens is 6. The highest BCUT2D eigenvalue weighted by molar-refractivity contribution is 5.96. The Kier molecular flexibility index (Phi) is 12.1. The van der Waals surface area contributed by atoms with E-state index in [0.29, 0.717) is 42.6 Å². The number of hydrogen-bond acceptors (Lipinski definition) is 3. The molecular weight excluding hydrogens is 532 g/mol. The van der Waals surface area contributed by atoms with Crippen LogP contribution in [0.5, 0.6) is 0 Å². The summed E-state index contributed by atoms with van der Waals surface area (Å²) in [6.07, 6.45) is 3.98. The largest absolute Gasteiger partial charge is 0.416 e. The van der Waals surface area contributed by atoms with Gasteiger partial charge in [-0.05, 0) is 69.3 Å². The van der Waals surface area contributed by atoms with Gasteiger partial charge in [0.2, 0.25) is 0 Å². The minimum absolute atomic E-state index is 0.0489. The molecule has 3 rings (SSSR count). The number of ketones is 2. The molecule has 3 nitrogen and oxygen atoms in total. The molecule has 1 saturated carbocycles. The summed E-state index contributed by atoms with van der Waals surface area (Å²) in [5.74, 6) is 1.09. The maximum atomic E-state index is 13.1. The van der Waals surface area contributed by atoms with Crippen LogP contribution in [0.2, 0.25) is 0 Å². The second-order valence-electron chi connectivity index (χ2n) is 12.0. The Morgan fingerprint density at radius 3 is 1.85 bits per heavy atom. The van der Waals surface area contributed by atoms with Crippen molar-refractivity contribution in [2.24, 2.45) is 17.8 Å². The van der Waals surface area contributed by atoms with Crippen LogP contribution in [0.4, 0.5) is 26.3 Å². The zero-order chi connectivity index (χ0) is 29.3. The number of carbonyl (C=O) groups excluding carboxylic acids is 2. The molecule has 1 aliphatic carbocycles. The standard InChI is InChI=1S/C31H43F6NO2/c1-38-17-7-10-24(21-38)28(39)11-5-3-2-4-8-22-13-15-23(16-14-22)9-6-12-29(40)25-18-26(30(32,33)34)20-27(19-25)31(35,36)37/h18-20,22-24H,2-17,21H2,1H3. The molecule has 0 aromatic heterocycles. The second kappa shape index (κ2) is 14.8. The molecule has 0 radical (unpaired) electrons. The number of benzene rings is 1. The lowest BCUT2D eigenvalue weighted by Crippen LogP contribution is -2.35. The molecule has 1 heterocycles. The van der Waals surface area contributed by atoms with Crippen LogP contribution in [0.15, 0.2) is 18.2 Å². The van der Waals surface area contributed by atoms with E-state index in [9.17, 15) is 35.9 Å². The van der Waals surface area contributed by atoms with E-state index in [1.165, 1.54) is 12.8 Å². The third-order valence-electron chi connectivity index (χ3n) is 8.76. The average molecular weight is 576 g/mol. The van der Waals surface area contributed by atoms with Crippen LogP contribution in [-0.4, -0.2) is 36.6 Å². The highest BCUT2D eigenvalue weighted by Crippen LogP contribution is 2.37. The molecular formula is C31H43F6NO2. The molecule has 0 amide bonds. The van der Waals surface area contributed by atoms with Gasteiger partial charge in [0.05, 0.1) is 11.1 Å². The number of Topliss-reactive ketones (excluding diaryl/α,β-unsaturated/α-hetero) is 2. The van der Waals surface area contributed by atoms with Crippen LogP contribution < -0.4 is 0 Å². The van der Waals surface area contributed by atoms with Gasteiger partial charge < -0.3 is 4.90 Å². The summed E-state index contributed by atoms with van der Waals surface area (Å²) in [5.41, 5.74) is -3.44. The number of likely N-dealkylation sites (tertiary alicyclic amines) is 1. The molecule has 1 atom stereocenters. The molecule has 0 bridgehead atoms. The summed E-state index contributed by atoms with van der Waals surface area (Å²) < 4.78 is 78.4. The first-order chi connectivity index (χ1) is 18.8. The molecule has 9 heteroatoms. The molecule has 1 unspecified atom stereocenters. The van der Waals surface area contributed by atoms with E-state index in [1.807, 2.05) is 0 Å². The highest BCUT2D eigenvalue weighted by atomic mass is 19.4. The fraction of sp³-hybridized carbons (Fsp3) is 0.742. The van der Waals surface area contributed by atoms with Gasteiger partial charge in [0.25, 0.3) is 0 Å². The molecule has 0 N–H and O–H groups in total. The summed E-state index contributed by atoms with van der Waals surface area (Å²) in [4.78, 5) is 27.1. The van der Waals surface area contributed by atoms with Gasteiger partial charge in [0.1, 0.15) is 5.78 Å². The maximum Gasteiger partial charge on any atom is 0.416 e. The van der Waals surface area contributed by atoms with Crippen LogP contribution in [0, 0.1) is 17.8 Å². The smallest absolute Gasteiger partial charge is 0.306 e. The van der Waals surface area contributed by atoms with E-state index in [1.54, 1.807) is 0 Å². The van der Waals surface area contributed by atoms with E-state index in [2.05, 4.69) is 11.9 Å². The quantitative estimate of drug-likeness (QED) is 0.134. The first-order valence-electron chi connectivity index (χ1n) is 14.9. The summed E-state index contributed by atoms with van der Waals surface area (Å²) >= 11 is 0. The SMILES string of the molecule is CN1CCCC(C(=O)CCCCCCC2CCC(CCCC(=O)c3cc(C(F)(F)F)cc(C(F)(F)F)c3)CC2)C1. The summed E-state index contributed by atoms with van der Waals surface area (Å²) in [6, 6.07) is 1.10. The van der Waals surface area contributed by atoms with Gasteiger partial charge in [-0.15, -0.1) is 0 Å². The van der Waals surface area contributed by atoms with Crippen LogP contribution in [0.1, 0.15) is 118 Å². The van der Waals surface area contributed by atoms with Crippen molar-refractivity contribution in [2.45, 2.75) is 109 Å². The minimum Gasteiger partial charge on any atom is -0.306 e. The Balaban J connectivity index is 1.29. The molecule has 1 saturated heterocycles. The fourth-order valence-electron chi connectivity index (χ4n) is 6.34. The van der Waals surface area contributed by atoms with Gasteiger partial charge in [-0.25, -0.2) is 0 Å². The molecule has 1 aromatic rings. The number of alkyl halides is 6. The predicted molar refractivity (Wildman–Crippen MR) is 143 cm³/mol. The second-order valence-corrected chi connectivity index (χ2v) is 12.0. The number of rotatable bonds is 13. The average Bonchev–Trinajstić information content (AvgIpc) is 2.90. The van der Waals surface area contributed by atoms with Gasteiger partial charge >= 0.3 is 12.4 Å². The Morgan fingerprint density at radius 1 is 0.750 bits per heavy atom. The molecule has 226 valence electrons. The van der Waals surface area contributed by atoms with Crippen molar-refractivity contribution < 1.29 is 35.9 Å². The predicted octanol–water partition coefficient (Wildman–Crippen LogP) is 9.14. The van der Waals surface area contributed by atoms with Crippen molar-refractivity contribution in [2.75, 3.05) is 20.1 Å². The van der Waals surface area contributed by atoms with Crippen LogP contribution in [-0.2, 0) is 17.1 Å². The topological polar surface area (TPSA) is 37.4 Å². The van der Waals surface area contributed by atoms with Crippen molar-refractivity contribution in [3.05, 3.63) is 34.9 Å². The van der Waals surface area contributed by atoms with Crippen molar-refractivity contribution >= 4 is 11.6 Å². The Labute approximate surface area is 234 Å². The van der Waals surface area contributed by atoms with Crippen LogP contribution in [0.25, 0.3) is 0 Å². The van der Waals surface area contributed by atoms with E-state index in [4.69, 9.17) is 0 Å². The lowest BCUT2D eigenvalue weighted by Gasteiger charge is -2.29. The first kappa shape index (κ1) is 32.6. The Bertz CT molecular complexity index is 933. The van der Waals surface area contributed by atoms with Crippen LogP contribution in [0.3, 0.4) is 0 Å². The summed E-state index contributed by atoms with van der Waals surface area (Å²) in [5, 5.41) is 0. The number of nitrogens with zero attached hydrogens (tertiary/aromatic N) is 1. The Morgan fingerprint density at radius 2 is 1.30 bits per heavy atom. The van der Waals surface area contributed by atoms with Crippen molar-refractivity contribution in [1.82, 2.24) is 4.90 Å². The van der Waals surface area contributed by atoms with Gasteiger partial charge in [0, 0.05) is 30.9 Å². The summed E-state index contributed by atoms with van der Waals surface area (Å²) in [7, 11) is 2.08. The van der Waals surface area contributed by atoms with Gasteiger partial charge in [0.15, 0.2) is 5.78 Å². The molecule has 40 heavy (non-hydrogen) atoms. The van der Waals surface area contributed by atoms with Crippen molar-refractivity contribution in [3.8, 4) is 0 Å². The molecule has 0 spiro atoms. The number of piperidine rings is 1. The van der Waals surface area contributed by atoms with Crippen molar-refractivity contribution in [3.63, 3.8) is 0 Å². The van der Waals surface area contributed by atoms with Gasteiger partial charge in [-0.2, -0.15) is 26.3 Å². The summed E-state index contributed by atoms with van der Waals surface area (Å²) in [6.45, 7) is 1.99. The lowest BCUT2D eigenvalue weighted by molar-refractivity contribution is -0.143. The Hall–Kier alpha value is -1.90. The number of carbonyl (C=O) groups is 2. The van der Waals surface area contributed by atoms with E-state index in [0.717, 1.165) is 77.3 Å². The third kappa shape index (κ3) is 10.5. The third-order valence-corrected chi connectivity index (χ3v) is 8.76.